The Morgan fingerprint density at radius 1 is 1.00 bits per heavy atom. The average molecular weight is 279 g/mol. The molecular formula is C17H17N3O. The minimum Gasteiger partial charge on any atom is -0.382 e. The van der Waals surface area contributed by atoms with Crippen LogP contribution in [0, 0.1) is 0 Å². The van der Waals surface area contributed by atoms with Crippen LogP contribution in [0.2, 0.25) is 0 Å². The third kappa shape index (κ3) is 3.17. The summed E-state index contributed by atoms with van der Waals surface area (Å²) in [6, 6.07) is 16.4. The highest BCUT2D eigenvalue weighted by molar-refractivity contribution is 5.78. The van der Waals surface area contributed by atoms with Gasteiger partial charge in [-0.15, -0.1) is 0 Å². The monoisotopic (exact) mass is 279 g/mol. The lowest BCUT2D eigenvalue weighted by molar-refractivity contribution is 0.186. The third-order valence-corrected chi connectivity index (χ3v) is 3.35. The second kappa shape index (κ2) is 6.33. The maximum Gasteiger partial charge on any atom is 0.0907 e. The molecule has 0 bridgehead atoms. The Morgan fingerprint density at radius 2 is 1.76 bits per heavy atom. The SMILES string of the molecule is COCC(Nc1ccc2nccnc2c1)c1ccccc1. The molecule has 0 amide bonds. The van der Waals surface area contributed by atoms with Crippen molar-refractivity contribution in [2.45, 2.75) is 6.04 Å². The Morgan fingerprint density at radius 3 is 2.52 bits per heavy atom. The van der Waals surface area contributed by atoms with Crippen molar-refractivity contribution in [3.63, 3.8) is 0 Å². The fraction of sp³-hybridized carbons (Fsp3) is 0.176. The first-order valence-corrected chi connectivity index (χ1v) is 6.88. The van der Waals surface area contributed by atoms with Gasteiger partial charge in [0.1, 0.15) is 0 Å². The van der Waals surface area contributed by atoms with E-state index in [1.165, 1.54) is 5.56 Å². The molecule has 0 aliphatic carbocycles. The molecular weight excluding hydrogens is 262 g/mol. The molecule has 3 rings (SSSR count). The van der Waals surface area contributed by atoms with Crippen LogP contribution in [0.3, 0.4) is 0 Å². The molecule has 1 N–H and O–H groups in total. The van der Waals surface area contributed by atoms with Gasteiger partial charge in [0.25, 0.3) is 0 Å². The summed E-state index contributed by atoms with van der Waals surface area (Å²) in [5.41, 5.74) is 3.98. The zero-order chi connectivity index (χ0) is 14.5. The number of fused-ring (bicyclic) bond motifs is 1. The van der Waals surface area contributed by atoms with Gasteiger partial charge in [0, 0.05) is 25.2 Å². The van der Waals surface area contributed by atoms with Gasteiger partial charge in [-0.25, -0.2) is 0 Å². The van der Waals surface area contributed by atoms with Crippen molar-refractivity contribution in [2.24, 2.45) is 0 Å². The van der Waals surface area contributed by atoms with Gasteiger partial charge in [-0.2, -0.15) is 0 Å². The summed E-state index contributed by atoms with van der Waals surface area (Å²) < 4.78 is 5.33. The number of rotatable bonds is 5. The Kier molecular flexibility index (Phi) is 4.07. The molecule has 0 saturated carbocycles. The van der Waals surface area contributed by atoms with Gasteiger partial charge in [-0.3, -0.25) is 9.97 Å². The van der Waals surface area contributed by atoms with Crippen molar-refractivity contribution in [3.05, 3.63) is 66.5 Å². The molecule has 4 nitrogen and oxygen atoms in total. The van der Waals surface area contributed by atoms with Crippen LogP contribution in [0.5, 0.6) is 0 Å². The van der Waals surface area contributed by atoms with Gasteiger partial charge >= 0.3 is 0 Å². The van der Waals surface area contributed by atoms with Gasteiger partial charge in [-0.1, -0.05) is 30.3 Å². The van der Waals surface area contributed by atoms with Gasteiger partial charge in [0.2, 0.25) is 0 Å². The van der Waals surface area contributed by atoms with E-state index < -0.39 is 0 Å². The highest BCUT2D eigenvalue weighted by Gasteiger charge is 2.11. The number of methoxy groups -OCH3 is 1. The first-order chi connectivity index (χ1) is 10.4. The van der Waals surface area contributed by atoms with E-state index in [0.29, 0.717) is 6.61 Å². The smallest absolute Gasteiger partial charge is 0.0907 e. The molecule has 1 heterocycles. The van der Waals surface area contributed by atoms with Crippen LogP contribution in [0.4, 0.5) is 5.69 Å². The quantitative estimate of drug-likeness (QED) is 0.777. The molecule has 4 heteroatoms. The molecule has 106 valence electrons. The lowest BCUT2D eigenvalue weighted by atomic mass is 10.1. The second-order valence-electron chi connectivity index (χ2n) is 4.82. The summed E-state index contributed by atoms with van der Waals surface area (Å²) in [6.45, 7) is 0.600. The number of aromatic nitrogens is 2. The lowest BCUT2D eigenvalue weighted by Crippen LogP contribution is -2.16. The Bertz CT molecular complexity index is 715. The molecule has 1 aromatic heterocycles. The van der Waals surface area contributed by atoms with Crippen LogP contribution in [0.25, 0.3) is 11.0 Å². The fourth-order valence-corrected chi connectivity index (χ4v) is 2.33. The van der Waals surface area contributed by atoms with Crippen LogP contribution < -0.4 is 5.32 Å². The molecule has 1 atom stereocenters. The number of anilines is 1. The molecule has 0 aliphatic rings. The molecule has 3 aromatic rings. The van der Waals surface area contributed by atoms with Crippen molar-refractivity contribution < 1.29 is 4.74 Å². The molecule has 0 aliphatic heterocycles. The predicted molar refractivity (Wildman–Crippen MR) is 84.2 cm³/mol. The minimum atomic E-state index is 0.102. The van der Waals surface area contributed by atoms with Gasteiger partial charge in [-0.05, 0) is 23.8 Å². The van der Waals surface area contributed by atoms with E-state index in [2.05, 4.69) is 27.4 Å². The number of hydrogen-bond donors (Lipinski definition) is 1. The molecule has 0 spiro atoms. The number of benzene rings is 2. The van der Waals surface area contributed by atoms with E-state index in [9.17, 15) is 0 Å². The minimum absolute atomic E-state index is 0.102. The molecule has 0 radical (unpaired) electrons. The van der Waals surface area contributed by atoms with E-state index in [0.717, 1.165) is 16.7 Å². The van der Waals surface area contributed by atoms with Crippen molar-refractivity contribution in [3.8, 4) is 0 Å². The molecule has 21 heavy (non-hydrogen) atoms. The molecule has 0 fully saturated rings. The maximum atomic E-state index is 5.33. The van der Waals surface area contributed by atoms with E-state index in [1.807, 2.05) is 36.4 Å². The number of hydrogen-bond acceptors (Lipinski definition) is 4. The first kappa shape index (κ1) is 13.5. The first-order valence-electron chi connectivity index (χ1n) is 6.88. The summed E-state index contributed by atoms with van der Waals surface area (Å²) in [5.74, 6) is 0. The summed E-state index contributed by atoms with van der Waals surface area (Å²) in [5, 5.41) is 3.50. The fourth-order valence-electron chi connectivity index (χ4n) is 2.33. The van der Waals surface area contributed by atoms with Gasteiger partial charge in [0.15, 0.2) is 0 Å². The Hall–Kier alpha value is -2.46. The van der Waals surface area contributed by atoms with Crippen molar-refractivity contribution >= 4 is 16.7 Å². The average Bonchev–Trinajstić information content (AvgIpc) is 2.55. The van der Waals surface area contributed by atoms with Gasteiger partial charge in [0.05, 0.1) is 23.7 Å². The van der Waals surface area contributed by atoms with Crippen LogP contribution >= 0.6 is 0 Å². The summed E-state index contributed by atoms with van der Waals surface area (Å²) >= 11 is 0. The van der Waals surface area contributed by atoms with E-state index in [-0.39, 0.29) is 6.04 Å². The van der Waals surface area contributed by atoms with Crippen LogP contribution in [-0.4, -0.2) is 23.7 Å². The molecule has 0 saturated heterocycles. The predicted octanol–water partition coefficient (Wildman–Crippen LogP) is 3.43. The molecule has 1 unspecified atom stereocenters. The zero-order valence-electron chi connectivity index (χ0n) is 11.9. The highest BCUT2D eigenvalue weighted by atomic mass is 16.5. The van der Waals surface area contributed by atoms with Crippen molar-refractivity contribution in [1.82, 2.24) is 9.97 Å². The van der Waals surface area contributed by atoms with E-state index >= 15 is 0 Å². The Balaban J connectivity index is 1.87. The van der Waals surface area contributed by atoms with Crippen molar-refractivity contribution in [1.29, 1.82) is 0 Å². The Labute approximate surface area is 123 Å². The lowest BCUT2D eigenvalue weighted by Gasteiger charge is -2.19. The van der Waals surface area contributed by atoms with E-state index in [4.69, 9.17) is 4.74 Å². The van der Waals surface area contributed by atoms with Crippen LogP contribution in [-0.2, 0) is 4.74 Å². The number of nitrogens with one attached hydrogen (secondary N) is 1. The summed E-state index contributed by atoms with van der Waals surface area (Å²) in [6.07, 6.45) is 3.41. The van der Waals surface area contributed by atoms with Crippen LogP contribution in [0.15, 0.2) is 60.9 Å². The third-order valence-electron chi connectivity index (χ3n) is 3.35. The topological polar surface area (TPSA) is 47.0 Å². The normalized spacial score (nSPS) is 12.2. The summed E-state index contributed by atoms with van der Waals surface area (Å²) in [4.78, 5) is 8.62. The second-order valence-corrected chi connectivity index (χ2v) is 4.82. The number of nitrogens with zero attached hydrogens (tertiary/aromatic N) is 2. The van der Waals surface area contributed by atoms with Crippen molar-refractivity contribution in [2.75, 3.05) is 19.0 Å². The largest absolute Gasteiger partial charge is 0.382 e. The van der Waals surface area contributed by atoms with E-state index in [1.54, 1.807) is 19.5 Å². The maximum absolute atomic E-state index is 5.33. The van der Waals surface area contributed by atoms with Gasteiger partial charge < -0.3 is 10.1 Å². The standard InChI is InChI=1S/C17H17N3O/c1-21-12-17(13-5-3-2-4-6-13)20-14-7-8-15-16(11-14)19-10-9-18-15/h2-11,17,20H,12H2,1H3. The van der Waals surface area contributed by atoms with Crippen LogP contribution in [0.1, 0.15) is 11.6 Å². The number of ether oxygens (including phenoxy) is 1. The zero-order valence-corrected chi connectivity index (χ0v) is 11.9. The molecule has 2 aromatic carbocycles. The summed E-state index contributed by atoms with van der Waals surface area (Å²) in [7, 11) is 1.71. The highest BCUT2D eigenvalue weighted by Crippen LogP contribution is 2.22.